The number of aliphatic hydroxyl groups is 1. The standard InChI is InChI=1S/C20H27NO5S/c1-20(22,14-17-6-10-19(26-3)11-7-17)15-21-27(23,24)13-12-16-4-8-18(25-2)9-5-16/h4-11,21-22H,12-15H2,1-3H3. The van der Waals surface area contributed by atoms with E-state index in [0.717, 1.165) is 22.6 Å². The smallest absolute Gasteiger partial charge is 0.212 e. The van der Waals surface area contributed by atoms with Gasteiger partial charge in [0.25, 0.3) is 0 Å². The molecule has 2 rings (SSSR count). The Labute approximate surface area is 161 Å². The van der Waals surface area contributed by atoms with Crippen LogP contribution < -0.4 is 14.2 Å². The monoisotopic (exact) mass is 393 g/mol. The molecule has 0 aliphatic heterocycles. The van der Waals surface area contributed by atoms with E-state index >= 15 is 0 Å². The molecule has 0 saturated heterocycles. The summed E-state index contributed by atoms with van der Waals surface area (Å²) >= 11 is 0. The van der Waals surface area contributed by atoms with Gasteiger partial charge in [-0.1, -0.05) is 24.3 Å². The Hall–Kier alpha value is -2.09. The average molecular weight is 394 g/mol. The van der Waals surface area contributed by atoms with Crippen LogP contribution in [0.5, 0.6) is 11.5 Å². The van der Waals surface area contributed by atoms with E-state index in [2.05, 4.69) is 4.72 Å². The molecule has 0 aromatic heterocycles. The third-order valence-corrected chi connectivity index (χ3v) is 5.56. The highest BCUT2D eigenvalue weighted by atomic mass is 32.2. The van der Waals surface area contributed by atoms with Crippen LogP contribution in [0.4, 0.5) is 0 Å². The van der Waals surface area contributed by atoms with Crippen LogP contribution in [0.2, 0.25) is 0 Å². The number of rotatable bonds is 10. The lowest BCUT2D eigenvalue weighted by Gasteiger charge is -2.24. The topological polar surface area (TPSA) is 84.9 Å². The number of ether oxygens (including phenoxy) is 2. The van der Waals surface area contributed by atoms with Crippen molar-refractivity contribution in [2.24, 2.45) is 0 Å². The van der Waals surface area contributed by atoms with E-state index in [1.165, 1.54) is 0 Å². The predicted octanol–water partition coefficient (Wildman–Crippen LogP) is 2.16. The van der Waals surface area contributed by atoms with Gasteiger partial charge >= 0.3 is 0 Å². The summed E-state index contributed by atoms with van der Waals surface area (Å²) in [4.78, 5) is 0. The van der Waals surface area contributed by atoms with E-state index in [1.807, 2.05) is 36.4 Å². The number of hydrogen-bond donors (Lipinski definition) is 2. The fraction of sp³-hybridized carbons (Fsp3) is 0.400. The fourth-order valence-electron chi connectivity index (χ4n) is 2.63. The quantitative estimate of drug-likeness (QED) is 0.646. The molecule has 0 aliphatic carbocycles. The van der Waals surface area contributed by atoms with Crippen molar-refractivity contribution in [3.8, 4) is 11.5 Å². The van der Waals surface area contributed by atoms with Gasteiger partial charge in [0.05, 0.1) is 25.6 Å². The lowest BCUT2D eigenvalue weighted by Crippen LogP contribution is -2.43. The molecular formula is C20H27NO5S. The number of nitrogens with one attached hydrogen (secondary N) is 1. The zero-order chi connectivity index (χ0) is 19.9. The molecule has 0 fully saturated rings. The minimum atomic E-state index is -3.49. The third kappa shape index (κ3) is 7.21. The summed E-state index contributed by atoms with van der Waals surface area (Å²) in [5.41, 5.74) is 0.617. The molecule has 6 nitrogen and oxygen atoms in total. The lowest BCUT2D eigenvalue weighted by molar-refractivity contribution is 0.0657. The van der Waals surface area contributed by atoms with Gasteiger partial charge in [-0.25, -0.2) is 13.1 Å². The van der Waals surface area contributed by atoms with Crippen molar-refractivity contribution in [2.45, 2.75) is 25.4 Å². The Morgan fingerprint density at radius 2 is 1.41 bits per heavy atom. The highest BCUT2D eigenvalue weighted by Gasteiger charge is 2.24. The number of benzene rings is 2. The molecule has 0 bridgehead atoms. The summed E-state index contributed by atoms with van der Waals surface area (Å²) in [6.07, 6.45) is 0.720. The number of sulfonamides is 1. The van der Waals surface area contributed by atoms with Gasteiger partial charge in [0.2, 0.25) is 10.0 Å². The second-order valence-corrected chi connectivity index (χ2v) is 8.69. The van der Waals surface area contributed by atoms with E-state index < -0.39 is 15.6 Å². The van der Waals surface area contributed by atoms with Crippen LogP contribution in [0, 0.1) is 0 Å². The van der Waals surface area contributed by atoms with E-state index in [0.29, 0.717) is 12.8 Å². The van der Waals surface area contributed by atoms with Crippen LogP contribution in [0.25, 0.3) is 0 Å². The van der Waals surface area contributed by atoms with Crippen LogP contribution in [0.1, 0.15) is 18.1 Å². The van der Waals surface area contributed by atoms with Crippen LogP contribution in [0.3, 0.4) is 0 Å². The first-order valence-electron chi connectivity index (χ1n) is 8.68. The molecule has 1 unspecified atom stereocenters. The zero-order valence-electron chi connectivity index (χ0n) is 15.9. The first-order chi connectivity index (χ1) is 12.7. The van der Waals surface area contributed by atoms with Gasteiger partial charge < -0.3 is 14.6 Å². The molecule has 2 aromatic carbocycles. The van der Waals surface area contributed by atoms with Gasteiger partial charge in [-0.3, -0.25) is 0 Å². The molecule has 2 N–H and O–H groups in total. The van der Waals surface area contributed by atoms with Crippen molar-refractivity contribution < 1.29 is 23.0 Å². The minimum absolute atomic E-state index is 0.0437. The fourth-order valence-corrected chi connectivity index (χ4v) is 3.81. The number of aryl methyl sites for hydroxylation is 1. The largest absolute Gasteiger partial charge is 0.497 e. The zero-order valence-corrected chi connectivity index (χ0v) is 16.8. The highest BCUT2D eigenvalue weighted by molar-refractivity contribution is 7.89. The Balaban J connectivity index is 1.86. The first-order valence-corrected chi connectivity index (χ1v) is 10.3. The number of methoxy groups -OCH3 is 2. The van der Waals surface area contributed by atoms with Crippen molar-refractivity contribution in [2.75, 3.05) is 26.5 Å². The Morgan fingerprint density at radius 1 is 0.926 bits per heavy atom. The van der Waals surface area contributed by atoms with Crippen molar-refractivity contribution in [3.63, 3.8) is 0 Å². The van der Waals surface area contributed by atoms with Gasteiger partial charge in [-0.2, -0.15) is 0 Å². The maximum Gasteiger partial charge on any atom is 0.212 e. The second kappa shape index (κ2) is 9.21. The molecule has 7 heteroatoms. The second-order valence-electron chi connectivity index (χ2n) is 6.76. The highest BCUT2D eigenvalue weighted by Crippen LogP contribution is 2.17. The molecule has 2 aromatic rings. The minimum Gasteiger partial charge on any atom is -0.497 e. The van der Waals surface area contributed by atoms with Crippen molar-refractivity contribution >= 4 is 10.0 Å². The molecule has 148 valence electrons. The van der Waals surface area contributed by atoms with Crippen LogP contribution in [-0.2, 0) is 22.9 Å². The molecule has 0 saturated carbocycles. The van der Waals surface area contributed by atoms with Crippen molar-refractivity contribution in [1.82, 2.24) is 4.72 Å². The van der Waals surface area contributed by atoms with E-state index in [4.69, 9.17) is 9.47 Å². The Bertz CT molecular complexity index is 814. The summed E-state index contributed by atoms with van der Waals surface area (Å²) in [5.74, 6) is 1.42. The van der Waals surface area contributed by atoms with Gasteiger partial charge in [-0.15, -0.1) is 0 Å². The Kier molecular flexibility index (Phi) is 7.24. The molecule has 0 spiro atoms. The summed E-state index contributed by atoms with van der Waals surface area (Å²) in [5, 5.41) is 10.5. The Morgan fingerprint density at radius 3 is 1.89 bits per heavy atom. The van der Waals surface area contributed by atoms with Crippen molar-refractivity contribution in [3.05, 3.63) is 59.7 Å². The molecule has 1 atom stereocenters. The molecule has 0 amide bonds. The molecular weight excluding hydrogens is 366 g/mol. The maximum atomic E-state index is 12.2. The van der Waals surface area contributed by atoms with Gasteiger partial charge in [-0.05, 0) is 48.7 Å². The summed E-state index contributed by atoms with van der Waals surface area (Å²) in [6, 6.07) is 14.6. The first kappa shape index (κ1) is 21.2. The number of hydrogen-bond acceptors (Lipinski definition) is 5. The summed E-state index contributed by atoms with van der Waals surface area (Å²) < 4.78 is 37.2. The average Bonchev–Trinajstić information content (AvgIpc) is 2.66. The maximum absolute atomic E-state index is 12.2. The van der Waals surface area contributed by atoms with Crippen molar-refractivity contribution in [1.29, 1.82) is 0 Å². The third-order valence-electron chi connectivity index (χ3n) is 4.24. The van der Waals surface area contributed by atoms with Crippen LogP contribution >= 0.6 is 0 Å². The van der Waals surface area contributed by atoms with Gasteiger partial charge in [0.15, 0.2) is 0 Å². The summed E-state index contributed by atoms with van der Waals surface area (Å²) in [7, 11) is -0.319. The van der Waals surface area contributed by atoms with E-state index in [1.54, 1.807) is 33.3 Å². The molecule has 0 heterocycles. The van der Waals surface area contributed by atoms with Crippen LogP contribution in [-0.4, -0.2) is 45.6 Å². The normalized spacial score (nSPS) is 13.8. The molecule has 27 heavy (non-hydrogen) atoms. The van der Waals surface area contributed by atoms with E-state index in [-0.39, 0.29) is 12.3 Å². The van der Waals surface area contributed by atoms with Crippen LogP contribution in [0.15, 0.2) is 48.5 Å². The summed E-state index contributed by atoms with van der Waals surface area (Å²) in [6.45, 7) is 1.56. The predicted molar refractivity (Wildman–Crippen MR) is 106 cm³/mol. The molecule has 0 radical (unpaired) electrons. The van der Waals surface area contributed by atoms with Gasteiger partial charge in [0, 0.05) is 13.0 Å². The van der Waals surface area contributed by atoms with E-state index in [9.17, 15) is 13.5 Å². The molecule has 0 aliphatic rings. The van der Waals surface area contributed by atoms with Gasteiger partial charge in [0.1, 0.15) is 11.5 Å². The lowest BCUT2D eigenvalue weighted by atomic mass is 9.97. The SMILES string of the molecule is COc1ccc(CCS(=O)(=O)NCC(C)(O)Cc2ccc(OC)cc2)cc1.